The van der Waals surface area contributed by atoms with Crippen molar-refractivity contribution >= 4 is 16.7 Å². The third kappa shape index (κ3) is 2.60. The van der Waals surface area contributed by atoms with Crippen molar-refractivity contribution in [2.24, 2.45) is 7.05 Å². The lowest BCUT2D eigenvalue weighted by atomic mass is 10.2. The van der Waals surface area contributed by atoms with Crippen molar-refractivity contribution in [3.8, 4) is 0 Å². The number of nitrogens with one attached hydrogen (secondary N) is 1. The molecule has 0 aliphatic carbocycles. The fourth-order valence-electron chi connectivity index (χ4n) is 1.86. The Morgan fingerprint density at radius 1 is 1.56 bits per heavy atom. The van der Waals surface area contributed by atoms with E-state index in [4.69, 9.17) is 4.74 Å². The Morgan fingerprint density at radius 3 is 3.11 bits per heavy atom. The van der Waals surface area contributed by atoms with Gasteiger partial charge >= 0.3 is 0 Å². The number of rotatable bonds is 6. The van der Waals surface area contributed by atoms with Crippen LogP contribution in [-0.4, -0.2) is 46.2 Å². The molecular weight excluding hydrogens is 232 g/mol. The molecule has 0 spiro atoms. The van der Waals surface area contributed by atoms with E-state index in [2.05, 4.69) is 15.4 Å². The van der Waals surface area contributed by atoms with Gasteiger partial charge in [-0.3, -0.25) is 4.68 Å². The molecule has 6 heteroatoms. The van der Waals surface area contributed by atoms with E-state index in [1.807, 2.05) is 13.1 Å². The van der Waals surface area contributed by atoms with Gasteiger partial charge < -0.3 is 15.2 Å². The van der Waals surface area contributed by atoms with Crippen LogP contribution in [0.15, 0.2) is 18.5 Å². The fourth-order valence-corrected chi connectivity index (χ4v) is 1.86. The van der Waals surface area contributed by atoms with E-state index < -0.39 is 0 Å². The lowest BCUT2D eigenvalue weighted by Gasteiger charge is -2.17. The van der Waals surface area contributed by atoms with E-state index >= 15 is 0 Å². The van der Waals surface area contributed by atoms with E-state index in [-0.39, 0.29) is 12.6 Å². The number of methoxy groups -OCH3 is 1. The molecule has 0 aliphatic heterocycles. The zero-order chi connectivity index (χ0) is 13.0. The molecule has 0 bridgehead atoms. The first-order chi connectivity index (χ1) is 8.76. The Labute approximate surface area is 106 Å². The molecule has 0 saturated carbocycles. The highest BCUT2D eigenvalue weighted by molar-refractivity contribution is 5.88. The third-order valence-electron chi connectivity index (χ3n) is 2.89. The molecule has 6 nitrogen and oxygen atoms in total. The van der Waals surface area contributed by atoms with E-state index in [9.17, 15) is 5.11 Å². The Bertz CT molecular complexity index is 512. The summed E-state index contributed by atoms with van der Waals surface area (Å²) in [5.41, 5.74) is 1.76. The average Bonchev–Trinajstić information content (AvgIpc) is 2.77. The average molecular weight is 250 g/mol. The molecule has 0 amide bonds. The summed E-state index contributed by atoms with van der Waals surface area (Å²) in [4.78, 5) is 4.27. The predicted octanol–water partition coefficient (Wildman–Crippen LogP) is 0.778. The van der Waals surface area contributed by atoms with Gasteiger partial charge in [0.2, 0.25) is 0 Å². The Balaban J connectivity index is 2.20. The molecule has 0 radical (unpaired) electrons. The predicted molar refractivity (Wildman–Crippen MR) is 69.5 cm³/mol. The number of hydrogen-bond donors (Lipinski definition) is 2. The van der Waals surface area contributed by atoms with Crippen molar-refractivity contribution in [2.45, 2.75) is 12.5 Å². The van der Waals surface area contributed by atoms with Gasteiger partial charge in [0.05, 0.1) is 24.2 Å². The molecule has 2 rings (SSSR count). The van der Waals surface area contributed by atoms with Crippen molar-refractivity contribution in [1.82, 2.24) is 14.8 Å². The summed E-state index contributed by atoms with van der Waals surface area (Å²) >= 11 is 0. The SMILES string of the molecule is COCCC(CO)Nc1ccnc2c1cnn2C. The largest absolute Gasteiger partial charge is 0.394 e. The second-order valence-corrected chi connectivity index (χ2v) is 4.17. The maximum Gasteiger partial charge on any atom is 0.159 e. The summed E-state index contributed by atoms with van der Waals surface area (Å²) in [6, 6.07) is 1.86. The molecule has 0 saturated heterocycles. The van der Waals surface area contributed by atoms with Crippen LogP contribution >= 0.6 is 0 Å². The van der Waals surface area contributed by atoms with Crippen LogP contribution < -0.4 is 5.32 Å². The zero-order valence-corrected chi connectivity index (χ0v) is 10.6. The Hall–Kier alpha value is -1.66. The van der Waals surface area contributed by atoms with Crippen molar-refractivity contribution < 1.29 is 9.84 Å². The van der Waals surface area contributed by atoms with Gasteiger partial charge in [0.1, 0.15) is 0 Å². The summed E-state index contributed by atoms with van der Waals surface area (Å²) in [6.07, 6.45) is 4.25. The highest BCUT2D eigenvalue weighted by atomic mass is 16.5. The standard InChI is InChI=1S/C12H18N4O2/c1-16-12-10(7-14-16)11(3-5-13-12)15-9(8-17)4-6-18-2/h3,5,7,9,17H,4,6,8H2,1-2H3,(H,13,15). The summed E-state index contributed by atoms with van der Waals surface area (Å²) in [5, 5.41) is 17.8. The molecule has 1 unspecified atom stereocenters. The maximum atomic E-state index is 9.34. The molecule has 0 aromatic carbocycles. The molecule has 0 aliphatic rings. The zero-order valence-electron chi connectivity index (χ0n) is 10.6. The van der Waals surface area contributed by atoms with Crippen LogP contribution in [0, 0.1) is 0 Å². The number of ether oxygens (including phenoxy) is 1. The van der Waals surface area contributed by atoms with Gasteiger partial charge in [0.15, 0.2) is 5.65 Å². The molecule has 2 N–H and O–H groups in total. The molecule has 2 heterocycles. The topological polar surface area (TPSA) is 72.2 Å². The first-order valence-corrected chi connectivity index (χ1v) is 5.89. The van der Waals surface area contributed by atoms with Crippen LogP contribution in [0.25, 0.3) is 11.0 Å². The monoisotopic (exact) mass is 250 g/mol. The molecule has 2 aromatic rings. The number of hydrogen-bond acceptors (Lipinski definition) is 5. The van der Waals surface area contributed by atoms with Gasteiger partial charge in [-0.25, -0.2) is 4.98 Å². The van der Waals surface area contributed by atoms with E-state index in [1.165, 1.54) is 0 Å². The first kappa shape index (κ1) is 12.8. The van der Waals surface area contributed by atoms with E-state index in [0.717, 1.165) is 23.1 Å². The van der Waals surface area contributed by atoms with Gasteiger partial charge in [0.25, 0.3) is 0 Å². The number of pyridine rings is 1. The summed E-state index contributed by atoms with van der Waals surface area (Å²) in [6.45, 7) is 0.674. The first-order valence-electron chi connectivity index (χ1n) is 5.89. The van der Waals surface area contributed by atoms with Crippen LogP contribution in [0.3, 0.4) is 0 Å². The Kier molecular flexibility index (Phi) is 4.11. The second-order valence-electron chi connectivity index (χ2n) is 4.17. The summed E-state index contributed by atoms with van der Waals surface area (Å²) < 4.78 is 6.75. The fraction of sp³-hybridized carbons (Fsp3) is 0.500. The molecule has 1 atom stereocenters. The van der Waals surface area contributed by atoms with Crippen molar-refractivity contribution in [3.63, 3.8) is 0 Å². The lowest BCUT2D eigenvalue weighted by molar-refractivity contribution is 0.174. The van der Waals surface area contributed by atoms with Crippen LogP contribution in [-0.2, 0) is 11.8 Å². The van der Waals surface area contributed by atoms with Gasteiger partial charge in [-0.15, -0.1) is 0 Å². The second kappa shape index (κ2) is 5.79. The normalized spacial score (nSPS) is 12.8. The minimum absolute atomic E-state index is 0.0317. The van der Waals surface area contributed by atoms with Gasteiger partial charge in [0, 0.05) is 32.6 Å². The van der Waals surface area contributed by atoms with E-state index in [0.29, 0.717) is 6.61 Å². The number of aryl methyl sites for hydroxylation is 1. The minimum Gasteiger partial charge on any atom is -0.394 e. The maximum absolute atomic E-state index is 9.34. The van der Waals surface area contributed by atoms with Crippen LogP contribution in [0.4, 0.5) is 5.69 Å². The van der Waals surface area contributed by atoms with E-state index in [1.54, 1.807) is 24.2 Å². The van der Waals surface area contributed by atoms with Crippen LogP contribution in [0.2, 0.25) is 0 Å². The summed E-state index contributed by atoms with van der Waals surface area (Å²) in [5.74, 6) is 0. The van der Waals surface area contributed by atoms with Gasteiger partial charge in [-0.2, -0.15) is 5.10 Å². The Morgan fingerprint density at radius 2 is 2.39 bits per heavy atom. The van der Waals surface area contributed by atoms with Gasteiger partial charge in [-0.05, 0) is 12.5 Å². The lowest BCUT2D eigenvalue weighted by Crippen LogP contribution is -2.25. The quantitative estimate of drug-likeness (QED) is 0.792. The highest BCUT2D eigenvalue weighted by Gasteiger charge is 2.11. The number of anilines is 1. The smallest absolute Gasteiger partial charge is 0.159 e. The molecular formula is C12H18N4O2. The van der Waals surface area contributed by atoms with Crippen molar-refractivity contribution in [2.75, 3.05) is 25.6 Å². The number of fused-ring (bicyclic) bond motifs is 1. The van der Waals surface area contributed by atoms with Crippen molar-refractivity contribution in [3.05, 3.63) is 18.5 Å². The van der Waals surface area contributed by atoms with Crippen molar-refractivity contribution in [1.29, 1.82) is 0 Å². The number of aliphatic hydroxyl groups is 1. The highest BCUT2D eigenvalue weighted by Crippen LogP contribution is 2.21. The van der Waals surface area contributed by atoms with Crippen LogP contribution in [0.5, 0.6) is 0 Å². The summed E-state index contributed by atoms with van der Waals surface area (Å²) in [7, 11) is 3.51. The molecule has 0 fully saturated rings. The molecule has 2 aromatic heterocycles. The molecule has 18 heavy (non-hydrogen) atoms. The van der Waals surface area contributed by atoms with Crippen LogP contribution in [0.1, 0.15) is 6.42 Å². The third-order valence-corrected chi connectivity index (χ3v) is 2.89. The number of nitrogens with zero attached hydrogens (tertiary/aromatic N) is 3. The number of aliphatic hydroxyl groups excluding tert-OH is 1. The molecule has 98 valence electrons. The number of aromatic nitrogens is 3. The van der Waals surface area contributed by atoms with Gasteiger partial charge in [-0.1, -0.05) is 0 Å². The minimum atomic E-state index is -0.0317.